The quantitative estimate of drug-likeness (QED) is 0.175. The zero-order valence-corrected chi connectivity index (χ0v) is 22.6. The minimum absolute atomic E-state index is 0.206. The number of hydrogen-bond acceptors (Lipinski definition) is 10. The van der Waals surface area contributed by atoms with Gasteiger partial charge in [-0.3, -0.25) is 0 Å². The molecule has 0 saturated carbocycles. The molecule has 0 amide bonds. The lowest BCUT2D eigenvalue weighted by molar-refractivity contribution is 0.0267. The van der Waals surface area contributed by atoms with Crippen molar-refractivity contribution in [2.75, 3.05) is 79.3 Å². The molecule has 3 aromatic rings. The molecule has 0 radical (unpaired) electrons. The van der Waals surface area contributed by atoms with Gasteiger partial charge in [-0.25, -0.2) is 0 Å². The van der Waals surface area contributed by atoms with E-state index in [0.717, 1.165) is 0 Å². The van der Waals surface area contributed by atoms with Crippen LogP contribution in [-0.4, -0.2) is 89.5 Å². The van der Waals surface area contributed by atoms with Crippen molar-refractivity contribution in [1.29, 1.82) is 0 Å². The first-order valence-corrected chi connectivity index (χ1v) is 13.2. The molecule has 10 heteroatoms. The Morgan fingerprint density at radius 3 is 1.00 bits per heavy atom. The summed E-state index contributed by atoms with van der Waals surface area (Å²) < 4.78 is 44.5. The summed E-state index contributed by atoms with van der Waals surface area (Å²) in [6.07, 6.45) is 0. The van der Waals surface area contributed by atoms with E-state index in [9.17, 15) is 10.2 Å². The van der Waals surface area contributed by atoms with Crippen LogP contribution in [0, 0.1) is 0 Å². The maximum Gasteiger partial charge on any atom is 0.123 e. The van der Waals surface area contributed by atoms with Gasteiger partial charge in [-0.05, 0) is 60.7 Å². The molecule has 3 rings (SSSR count). The number of aromatic hydroxyl groups is 2. The van der Waals surface area contributed by atoms with Crippen LogP contribution in [0.2, 0.25) is 0 Å². The smallest absolute Gasteiger partial charge is 0.123 e. The highest BCUT2D eigenvalue weighted by molar-refractivity contribution is 5.33. The fraction of sp³-hybridized carbons (Fsp3) is 0.400. The second-order valence-electron chi connectivity index (χ2n) is 8.31. The van der Waals surface area contributed by atoms with Gasteiger partial charge in [0, 0.05) is 6.07 Å². The zero-order chi connectivity index (χ0) is 28.1. The third-order valence-electron chi connectivity index (χ3n) is 5.21. The molecule has 2 N–H and O–H groups in total. The van der Waals surface area contributed by atoms with Crippen LogP contribution in [-0.2, 0) is 18.9 Å². The topological polar surface area (TPSA) is 114 Å². The zero-order valence-electron chi connectivity index (χ0n) is 22.6. The van der Waals surface area contributed by atoms with Crippen molar-refractivity contribution in [3.63, 3.8) is 0 Å². The molecule has 0 saturated heterocycles. The molecular formula is C30H38O10. The van der Waals surface area contributed by atoms with Crippen LogP contribution < -0.4 is 18.9 Å². The third-order valence-corrected chi connectivity index (χ3v) is 5.21. The number of hydrogen-bond donors (Lipinski definition) is 2. The molecule has 218 valence electrons. The van der Waals surface area contributed by atoms with Gasteiger partial charge in [0.2, 0.25) is 0 Å². The highest BCUT2D eigenvalue weighted by Gasteiger charge is 2.00. The van der Waals surface area contributed by atoms with Crippen LogP contribution in [0.25, 0.3) is 0 Å². The molecule has 0 aliphatic heterocycles. The summed E-state index contributed by atoms with van der Waals surface area (Å²) >= 11 is 0. The van der Waals surface area contributed by atoms with Gasteiger partial charge < -0.3 is 48.1 Å². The predicted octanol–water partition coefficient (Wildman–Crippen LogP) is 4.08. The summed E-state index contributed by atoms with van der Waals surface area (Å²) in [5.41, 5.74) is 0. The summed E-state index contributed by atoms with van der Waals surface area (Å²) in [6, 6.07) is 20.5. The van der Waals surface area contributed by atoms with Crippen molar-refractivity contribution in [3.05, 3.63) is 72.8 Å². The first kappa shape index (κ1) is 30.8. The highest BCUT2D eigenvalue weighted by Crippen LogP contribution is 2.19. The number of phenolic OH excluding ortho intramolecular Hbond substituents is 2. The van der Waals surface area contributed by atoms with Crippen LogP contribution in [0.1, 0.15) is 0 Å². The molecule has 40 heavy (non-hydrogen) atoms. The van der Waals surface area contributed by atoms with E-state index >= 15 is 0 Å². The number of ether oxygens (including phenoxy) is 8. The van der Waals surface area contributed by atoms with E-state index < -0.39 is 0 Å². The van der Waals surface area contributed by atoms with Crippen molar-refractivity contribution < 1.29 is 48.1 Å². The van der Waals surface area contributed by atoms with Gasteiger partial charge >= 0.3 is 0 Å². The van der Waals surface area contributed by atoms with Gasteiger partial charge in [-0.1, -0.05) is 6.07 Å². The summed E-state index contributed by atoms with van der Waals surface area (Å²) in [5, 5.41) is 18.5. The summed E-state index contributed by atoms with van der Waals surface area (Å²) in [6.45, 7) is 5.31. The Hall–Kier alpha value is -3.70. The van der Waals surface area contributed by atoms with Crippen molar-refractivity contribution in [3.8, 4) is 34.5 Å². The van der Waals surface area contributed by atoms with E-state index in [2.05, 4.69) is 0 Å². The number of phenols is 2. The highest BCUT2D eigenvalue weighted by atomic mass is 16.6. The first-order chi connectivity index (χ1) is 19.7. The first-order valence-electron chi connectivity index (χ1n) is 13.2. The monoisotopic (exact) mass is 558 g/mol. The van der Waals surface area contributed by atoms with E-state index in [-0.39, 0.29) is 11.5 Å². The third kappa shape index (κ3) is 13.9. The summed E-state index contributed by atoms with van der Waals surface area (Å²) in [7, 11) is 0. The van der Waals surface area contributed by atoms with E-state index in [0.29, 0.717) is 102 Å². The molecule has 3 aromatic carbocycles. The summed E-state index contributed by atoms with van der Waals surface area (Å²) in [4.78, 5) is 0. The van der Waals surface area contributed by atoms with Gasteiger partial charge in [-0.2, -0.15) is 0 Å². The van der Waals surface area contributed by atoms with Crippen molar-refractivity contribution >= 4 is 0 Å². The van der Waals surface area contributed by atoms with Gasteiger partial charge in [0.1, 0.15) is 60.9 Å². The molecule has 0 spiro atoms. The van der Waals surface area contributed by atoms with E-state index in [1.165, 1.54) is 0 Å². The molecule has 0 heterocycles. The van der Waals surface area contributed by atoms with Crippen LogP contribution in [0.3, 0.4) is 0 Å². The standard InChI is InChI=1S/C30H38O10/c31-25-4-8-27(9-5-25)37-20-16-33-12-14-35-18-22-39-29-2-1-3-30(24-29)40-23-19-36-15-13-34-17-21-38-28-10-6-26(32)7-11-28/h1-11,24,31-32H,12-23H2. The Morgan fingerprint density at radius 1 is 0.350 bits per heavy atom. The van der Waals surface area contributed by atoms with Crippen LogP contribution >= 0.6 is 0 Å². The molecule has 10 nitrogen and oxygen atoms in total. The Morgan fingerprint density at radius 2 is 0.650 bits per heavy atom. The van der Waals surface area contributed by atoms with Gasteiger partial charge in [0.25, 0.3) is 0 Å². The molecule has 0 aliphatic carbocycles. The Kier molecular flexibility index (Phi) is 14.9. The van der Waals surface area contributed by atoms with Crippen molar-refractivity contribution in [2.24, 2.45) is 0 Å². The lowest BCUT2D eigenvalue weighted by Crippen LogP contribution is -2.14. The second-order valence-corrected chi connectivity index (χ2v) is 8.31. The van der Waals surface area contributed by atoms with Gasteiger partial charge in [-0.15, -0.1) is 0 Å². The van der Waals surface area contributed by atoms with Crippen LogP contribution in [0.4, 0.5) is 0 Å². The predicted molar refractivity (Wildman–Crippen MR) is 148 cm³/mol. The lowest BCUT2D eigenvalue weighted by atomic mass is 10.3. The maximum absolute atomic E-state index is 9.25. The second kappa shape index (κ2) is 19.4. The Labute approximate surface area is 234 Å². The molecule has 0 atom stereocenters. The Balaban J connectivity index is 1.10. The number of benzene rings is 3. The molecule has 0 aromatic heterocycles. The van der Waals surface area contributed by atoms with E-state index in [4.69, 9.17) is 37.9 Å². The normalized spacial score (nSPS) is 10.8. The minimum atomic E-state index is 0.206. The molecular weight excluding hydrogens is 520 g/mol. The van der Waals surface area contributed by atoms with E-state index in [1.807, 2.05) is 24.3 Å². The van der Waals surface area contributed by atoms with Crippen molar-refractivity contribution in [2.45, 2.75) is 0 Å². The molecule has 0 fully saturated rings. The molecule has 0 aliphatic rings. The fourth-order valence-electron chi connectivity index (χ4n) is 3.26. The average Bonchev–Trinajstić information content (AvgIpc) is 2.97. The van der Waals surface area contributed by atoms with Crippen molar-refractivity contribution in [1.82, 2.24) is 0 Å². The SMILES string of the molecule is Oc1ccc(OCCOCCOCCOc2cccc(OCCOCCOCCOc3ccc(O)cc3)c2)cc1. The van der Waals surface area contributed by atoms with Gasteiger partial charge in [0.05, 0.1) is 52.9 Å². The lowest BCUT2D eigenvalue weighted by Gasteiger charge is -2.11. The largest absolute Gasteiger partial charge is 0.508 e. The minimum Gasteiger partial charge on any atom is -0.508 e. The summed E-state index contributed by atoms with van der Waals surface area (Å²) in [5.74, 6) is 3.19. The number of rotatable bonds is 22. The van der Waals surface area contributed by atoms with Crippen LogP contribution in [0.15, 0.2) is 72.8 Å². The van der Waals surface area contributed by atoms with Crippen LogP contribution in [0.5, 0.6) is 34.5 Å². The fourth-order valence-corrected chi connectivity index (χ4v) is 3.26. The van der Waals surface area contributed by atoms with E-state index in [1.54, 1.807) is 48.5 Å². The average molecular weight is 559 g/mol. The molecule has 0 bridgehead atoms. The Bertz CT molecular complexity index is 962. The van der Waals surface area contributed by atoms with Gasteiger partial charge in [0.15, 0.2) is 0 Å². The molecule has 0 unspecified atom stereocenters. The maximum atomic E-state index is 9.25.